The number of benzene rings is 1. The van der Waals surface area contributed by atoms with E-state index in [0.29, 0.717) is 31.2 Å². The molecular weight excluding hydrogens is 375 g/mol. The Morgan fingerprint density at radius 1 is 1.15 bits per heavy atom. The maximum absolute atomic E-state index is 11.7. The summed E-state index contributed by atoms with van der Waals surface area (Å²) >= 11 is 11.7. The van der Waals surface area contributed by atoms with E-state index in [1.807, 2.05) is 24.3 Å². The van der Waals surface area contributed by atoms with Crippen LogP contribution in [0.5, 0.6) is 0 Å². The minimum Gasteiger partial charge on any atom is -0.352 e. The van der Waals surface area contributed by atoms with Crippen LogP contribution in [-0.2, 0) is 4.79 Å². The molecule has 0 atom stereocenters. The smallest absolute Gasteiger partial charge is 0.237 e. The fourth-order valence-corrected chi connectivity index (χ4v) is 3.49. The second-order valence-electron chi connectivity index (χ2n) is 5.97. The molecule has 7 nitrogen and oxygen atoms in total. The number of alkyl halides is 1. The van der Waals surface area contributed by atoms with Crippen LogP contribution in [-0.4, -0.2) is 62.6 Å². The fraction of sp³-hybridized carbons (Fsp3) is 0.294. The van der Waals surface area contributed by atoms with Crippen molar-refractivity contribution in [3.05, 3.63) is 41.8 Å². The number of nitrogens with zero attached hydrogens (tertiary/aromatic N) is 6. The van der Waals surface area contributed by atoms with E-state index in [-0.39, 0.29) is 11.8 Å². The second kappa shape index (κ2) is 7.09. The summed E-state index contributed by atoms with van der Waals surface area (Å²) in [6.45, 7) is 2.63. The third kappa shape index (κ3) is 3.08. The van der Waals surface area contributed by atoms with Crippen molar-refractivity contribution in [2.24, 2.45) is 0 Å². The van der Waals surface area contributed by atoms with Crippen LogP contribution < -0.4 is 4.90 Å². The molecule has 2 aromatic heterocycles. The van der Waals surface area contributed by atoms with E-state index in [2.05, 4.69) is 20.0 Å². The van der Waals surface area contributed by atoms with E-state index >= 15 is 0 Å². The standard InChI is InChI=1S/C17H16Cl2N6O/c18-9-15(26)23-4-6-24(7-5-23)16-14-10-22-25(17(14)21-11-20-16)13-3-1-2-12(19)8-13/h1-3,8,10-11H,4-7,9H2. The molecule has 0 saturated carbocycles. The van der Waals surface area contributed by atoms with E-state index in [1.54, 1.807) is 15.8 Å². The van der Waals surface area contributed by atoms with Crippen molar-refractivity contribution in [1.82, 2.24) is 24.6 Å². The Balaban J connectivity index is 1.65. The Morgan fingerprint density at radius 2 is 1.96 bits per heavy atom. The predicted molar refractivity (Wildman–Crippen MR) is 101 cm³/mol. The highest BCUT2D eigenvalue weighted by Crippen LogP contribution is 2.26. The SMILES string of the molecule is O=C(CCl)N1CCN(c2ncnc3c2cnn3-c2cccc(Cl)c2)CC1. The Morgan fingerprint density at radius 3 is 2.69 bits per heavy atom. The zero-order valence-corrected chi connectivity index (χ0v) is 15.4. The Kier molecular flexibility index (Phi) is 4.65. The van der Waals surface area contributed by atoms with Gasteiger partial charge in [0, 0.05) is 31.2 Å². The Bertz CT molecular complexity index is 951. The molecule has 1 aliphatic rings. The molecule has 0 radical (unpaired) electrons. The zero-order valence-electron chi connectivity index (χ0n) is 13.8. The van der Waals surface area contributed by atoms with Crippen LogP contribution in [0.25, 0.3) is 16.7 Å². The Hall–Kier alpha value is -2.38. The first-order chi connectivity index (χ1) is 12.7. The number of piperazine rings is 1. The number of aromatic nitrogens is 4. The molecule has 3 aromatic rings. The molecule has 134 valence electrons. The van der Waals surface area contributed by atoms with Crippen LogP contribution in [0, 0.1) is 0 Å². The van der Waals surface area contributed by atoms with Crippen LogP contribution >= 0.6 is 23.2 Å². The van der Waals surface area contributed by atoms with Gasteiger partial charge in [-0.25, -0.2) is 14.6 Å². The molecule has 1 saturated heterocycles. The molecule has 3 heterocycles. The fourth-order valence-electron chi connectivity index (χ4n) is 3.13. The lowest BCUT2D eigenvalue weighted by molar-refractivity contribution is -0.128. The first kappa shape index (κ1) is 17.1. The molecule has 0 bridgehead atoms. The number of hydrogen-bond donors (Lipinski definition) is 0. The number of halogens is 2. The quantitative estimate of drug-likeness (QED) is 0.642. The van der Waals surface area contributed by atoms with Crippen LogP contribution in [0.2, 0.25) is 5.02 Å². The van der Waals surface area contributed by atoms with Gasteiger partial charge in [-0.15, -0.1) is 11.6 Å². The molecule has 1 fully saturated rings. The number of fused-ring (bicyclic) bond motifs is 1. The third-order valence-corrected chi connectivity index (χ3v) is 4.91. The Labute approximate surface area is 160 Å². The van der Waals surface area contributed by atoms with Crippen LogP contribution in [0.4, 0.5) is 5.82 Å². The summed E-state index contributed by atoms with van der Waals surface area (Å²) in [6, 6.07) is 7.46. The molecule has 26 heavy (non-hydrogen) atoms. The maximum atomic E-state index is 11.7. The number of rotatable bonds is 3. The van der Waals surface area contributed by atoms with Crippen LogP contribution in [0.15, 0.2) is 36.8 Å². The summed E-state index contributed by atoms with van der Waals surface area (Å²) in [5, 5.41) is 5.97. The van der Waals surface area contributed by atoms with Gasteiger partial charge in [-0.2, -0.15) is 5.10 Å². The normalized spacial score (nSPS) is 14.8. The predicted octanol–water partition coefficient (Wildman–Crippen LogP) is 2.36. The zero-order chi connectivity index (χ0) is 18.1. The minimum atomic E-state index is -0.0343. The monoisotopic (exact) mass is 390 g/mol. The number of carbonyl (C=O) groups excluding carboxylic acids is 1. The average molecular weight is 391 g/mol. The first-order valence-corrected chi connectivity index (χ1v) is 9.12. The lowest BCUT2D eigenvalue weighted by Gasteiger charge is -2.35. The summed E-state index contributed by atoms with van der Waals surface area (Å²) in [4.78, 5) is 24.5. The molecule has 0 aliphatic carbocycles. The van der Waals surface area contributed by atoms with Crippen molar-refractivity contribution in [2.75, 3.05) is 37.0 Å². The van der Waals surface area contributed by atoms with Gasteiger partial charge in [0.1, 0.15) is 18.0 Å². The summed E-state index contributed by atoms with van der Waals surface area (Å²) < 4.78 is 1.75. The summed E-state index contributed by atoms with van der Waals surface area (Å²) in [7, 11) is 0. The summed E-state index contributed by atoms with van der Waals surface area (Å²) in [5.41, 5.74) is 1.56. The van der Waals surface area contributed by atoms with E-state index < -0.39 is 0 Å². The minimum absolute atomic E-state index is 0.0180. The molecule has 0 spiro atoms. The van der Waals surface area contributed by atoms with Crippen molar-refractivity contribution < 1.29 is 4.79 Å². The molecule has 0 unspecified atom stereocenters. The van der Waals surface area contributed by atoms with E-state index in [4.69, 9.17) is 23.2 Å². The van der Waals surface area contributed by atoms with Crippen molar-refractivity contribution >= 4 is 46.0 Å². The third-order valence-electron chi connectivity index (χ3n) is 4.44. The van der Waals surface area contributed by atoms with Crippen molar-refractivity contribution in [3.8, 4) is 5.69 Å². The highest BCUT2D eigenvalue weighted by Gasteiger charge is 2.23. The van der Waals surface area contributed by atoms with Gasteiger partial charge in [-0.3, -0.25) is 4.79 Å². The van der Waals surface area contributed by atoms with Gasteiger partial charge in [0.05, 0.1) is 17.3 Å². The van der Waals surface area contributed by atoms with Gasteiger partial charge < -0.3 is 9.80 Å². The van der Waals surface area contributed by atoms with Gasteiger partial charge in [0.2, 0.25) is 5.91 Å². The van der Waals surface area contributed by atoms with Crippen molar-refractivity contribution in [2.45, 2.75) is 0 Å². The van der Waals surface area contributed by atoms with Crippen LogP contribution in [0.1, 0.15) is 0 Å². The largest absolute Gasteiger partial charge is 0.352 e. The van der Waals surface area contributed by atoms with Gasteiger partial charge >= 0.3 is 0 Å². The molecule has 0 N–H and O–H groups in total. The molecule has 4 rings (SSSR count). The van der Waals surface area contributed by atoms with Crippen LogP contribution in [0.3, 0.4) is 0 Å². The lowest BCUT2D eigenvalue weighted by Crippen LogP contribution is -2.49. The molecular formula is C17H16Cl2N6O. The first-order valence-electron chi connectivity index (χ1n) is 8.21. The van der Waals surface area contributed by atoms with E-state index in [0.717, 1.165) is 22.5 Å². The van der Waals surface area contributed by atoms with Gasteiger partial charge in [-0.05, 0) is 18.2 Å². The average Bonchev–Trinajstić information content (AvgIpc) is 3.12. The highest BCUT2D eigenvalue weighted by atomic mass is 35.5. The van der Waals surface area contributed by atoms with Crippen molar-refractivity contribution in [1.29, 1.82) is 0 Å². The molecule has 1 amide bonds. The number of anilines is 1. The number of amides is 1. The number of hydrogen-bond acceptors (Lipinski definition) is 5. The van der Waals surface area contributed by atoms with Gasteiger partial charge in [-0.1, -0.05) is 17.7 Å². The molecule has 1 aliphatic heterocycles. The summed E-state index contributed by atoms with van der Waals surface area (Å²) in [5.74, 6) is 0.804. The number of carbonyl (C=O) groups is 1. The second-order valence-corrected chi connectivity index (χ2v) is 6.68. The topological polar surface area (TPSA) is 67.2 Å². The molecule has 1 aromatic carbocycles. The summed E-state index contributed by atoms with van der Waals surface area (Å²) in [6.07, 6.45) is 3.30. The van der Waals surface area contributed by atoms with Gasteiger partial charge in [0.25, 0.3) is 0 Å². The maximum Gasteiger partial charge on any atom is 0.237 e. The van der Waals surface area contributed by atoms with E-state index in [1.165, 1.54) is 6.33 Å². The highest BCUT2D eigenvalue weighted by molar-refractivity contribution is 6.30. The van der Waals surface area contributed by atoms with Crippen molar-refractivity contribution in [3.63, 3.8) is 0 Å². The van der Waals surface area contributed by atoms with Gasteiger partial charge in [0.15, 0.2) is 5.65 Å². The molecule has 9 heteroatoms. The van der Waals surface area contributed by atoms with E-state index in [9.17, 15) is 4.79 Å². The lowest BCUT2D eigenvalue weighted by atomic mass is 10.2.